The molecule has 1 aromatic rings. The molecule has 1 fully saturated rings. The van der Waals surface area contributed by atoms with Gasteiger partial charge in [0.05, 0.1) is 25.2 Å². The molecular formula is C16H22O4. The van der Waals surface area contributed by atoms with E-state index in [0.717, 1.165) is 5.56 Å². The van der Waals surface area contributed by atoms with Crippen molar-refractivity contribution in [3.63, 3.8) is 0 Å². The molecule has 0 radical (unpaired) electrons. The zero-order valence-electron chi connectivity index (χ0n) is 12.2. The molecule has 0 saturated carbocycles. The predicted molar refractivity (Wildman–Crippen MR) is 75.0 cm³/mol. The van der Waals surface area contributed by atoms with Crippen LogP contribution in [0.5, 0.6) is 0 Å². The first-order valence-electron chi connectivity index (χ1n) is 7.13. The minimum absolute atomic E-state index is 0.0355. The lowest BCUT2D eigenvalue weighted by molar-refractivity contribution is -0.267. The van der Waals surface area contributed by atoms with Crippen molar-refractivity contribution in [2.45, 2.75) is 45.7 Å². The van der Waals surface area contributed by atoms with Crippen LogP contribution in [-0.2, 0) is 19.0 Å². The number of rotatable bonds is 4. The SMILES string of the molecule is CCOC(=O)C[C@H]1O[C@@H](c2ccccc2)O[C@@H](C)[C@@H]1C. The number of hydrogen-bond donors (Lipinski definition) is 0. The van der Waals surface area contributed by atoms with Crippen LogP contribution >= 0.6 is 0 Å². The summed E-state index contributed by atoms with van der Waals surface area (Å²) < 4.78 is 16.8. The van der Waals surface area contributed by atoms with Crippen LogP contribution in [0.4, 0.5) is 0 Å². The van der Waals surface area contributed by atoms with Crippen LogP contribution in [0.2, 0.25) is 0 Å². The molecule has 1 aliphatic heterocycles. The standard InChI is InChI=1S/C16H22O4/c1-4-18-15(17)10-14-11(2)12(3)19-16(20-14)13-8-6-5-7-9-13/h5-9,11-12,14,16H,4,10H2,1-3H3/t11-,12-,14+,16-/m0/s1. The largest absolute Gasteiger partial charge is 0.466 e. The van der Waals surface area contributed by atoms with Crippen LogP contribution in [0, 0.1) is 5.92 Å². The predicted octanol–water partition coefficient (Wildman–Crippen LogP) is 3.08. The van der Waals surface area contributed by atoms with Crippen LogP contribution in [0.1, 0.15) is 39.0 Å². The second kappa shape index (κ2) is 6.86. The fourth-order valence-corrected chi connectivity index (χ4v) is 2.32. The van der Waals surface area contributed by atoms with Gasteiger partial charge in [-0.05, 0) is 13.8 Å². The van der Waals surface area contributed by atoms with Crippen molar-refractivity contribution >= 4 is 5.97 Å². The van der Waals surface area contributed by atoms with Gasteiger partial charge in [0.2, 0.25) is 0 Å². The van der Waals surface area contributed by atoms with Gasteiger partial charge in [-0.2, -0.15) is 0 Å². The van der Waals surface area contributed by atoms with E-state index in [1.807, 2.05) is 51.1 Å². The molecule has 0 aromatic heterocycles. The van der Waals surface area contributed by atoms with Gasteiger partial charge >= 0.3 is 5.97 Å². The second-order valence-corrected chi connectivity index (χ2v) is 5.13. The van der Waals surface area contributed by atoms with Crippen molar-refractivity contribution in [2.75, 3.05) is 6.61 Å². The zero-order chi connectivity index (χ0) is 14.5. The molecule has 1 aromatic carbocycles. The van der Waals surface area contributed by atoms with Gasteiger partial charge in [0.1, 0.15) is 0 Å². The Morgan fingerprint density at radius 1 is 1.20 bits per heavy atom. The van der Waals surface area contributed by atoms with E-state index in [-0.39, 0.29) is 30.5 Å². The highest BCUT2D eigenvalue weighted by Crippen LogP contribution is 2.34. The molecule has 1 aliphatic rings. The number of carbonyl (C=O) groups excluding carboxylic acids is 1. The molecule has 0 aliphatic carbocycles. The third-order valence-corrected chi connectivity index (χ3v) is 3.71. The van der Waals surface area contributed by atoms with Crippen molar-refractivity contribution in [3.05, 3.63) is 35.9 Å². The summed E-state index contributed by atoms with van der Waals surface area (Å²) in [5.74, 6) is -0.0652. The Bertz CT molecular complexity index is 431. The summed E-state index contributed by atoms with van der Waals surface area (Å²) in [4.78, 5) is 11.7. The molecule has 4 heteroatoms. The van der Waals surface area contributed by atoms with Gasteiger partial charge in [0.15, 0.2) is 6.29 Å². The summed E-state index contributed by atoms with van der Waals surface area (Å²) in [5, 5.41) is 0. The summed E-state index contributed by atoms with van der Waals surface area (Å²) in [7, 11) is 0. The molecule has 110 valence electrons. The number of esters is 1. The van der Waals surface area contributed by atoms with E-state index in [4.69, 9.17) is 14.2 Å². The Morgan fingerprint density at radius 2 is 1.90 bits per heavy atom. The monoisotopic (exact) mass is 278 g/mol. The Balaban J connectivity index is 2.06. The Kier molecular flexibility index (Phi) is 5.15. The van der Waals surface area contributed by atoms with Crippen LogP contribution in [0.25, 0.3) is 0 Å². The molecular weight excluding hydrogens is 256 g/mol. The second-order valence-electron chi connectivity index (χ2n) is 5.13. The topological polar surface area (TPSA) is 44.8 Å². The van der Waals surface area contributed by atoms with Crippen LogP contribution in [-0.4, -0.2) is 24.8 Å². The Morgan fingerprint density at radius 3 is 2.55 bits per heavy atom. The zero-order valence-corrected chi connectivity index (χ0v) is 12.2. The van der Waals surface area contributed by atoms with Gasteiger partial charge in [0, 0.05) is 11.5 Å². The van der Waals surface area contributed by atoms with E-state index in [9.17, 15) is 4.79 Å². The van der Waals surface area contributed by atoms with Crippen molar-refractivity contribution in [1.29, 1.82) is 0 Å². The first kappa shape index (κ1) is 15.0. The molecule has 0 bridgehead atoms. The number of carbonyl (C=O) groups is 1. The molecule has 1 heterocycles. The van der Waals surface area contributed by atoms with E-state index in [1.54, 1.807) is 0 Å². The van der Waals surface area contributed by atoms with E-state index in [2.05, 4.69) is 0 Å². The van der Waals surface area contributed by atoms with E-state index in [0.29, 0.717) is 6.61 Å². The summed E-state index contributed by atoms with van der Waals surface area (Å²) in [6, 6.07) is 9.79. The average Bonchev–Trinajstić information content (AvgIpc) is 2.45. The fourth-order valence-electron chi connectivity index (χ4n) is 2.32. The number of hydrogen-bond acceptors (Lipinski definition) is 4. The minimum atomic E-state index is -0.415. The molecule has 0 spiro atoms. The fraction of sp³-hybridized carbons (Fsp3) is 0.562. The average molecular weight is 278 g/mol. The van der Waals surface area contributed by atoms with Gasteiger partial charge in [0.25, 0.3) is 0 Å². The third kappa shape index (κ3) is 3.58. The van der Waals surface area contributed by atoms with Gasteiger partial charge < -0.3 is 14.2 Å². The van der Waals surface area contributed by atoms with Gasteiger partial charge in [-0.25, -0.2) is 0 Å². The molecule has 20 heavy (non-hydrogen) atoms. The summed E-state index contributed by atoms with van der Waals surface area (Å²) in [6.45, 7) is 6.26. The Hall–Kier alpha value is -1.39. The minimum Gasteiger partial charge on any atom is -0.466 e. The summed E-state index contributed by atoms with van der Waals surface area (Å²) in [5.41, 5.74) is 0.972. The lowest BCUT2D eigenvalue weighted by Gasteiger charge is -2.39. The first-order valence-corrected chi connectivity index (χ1v) is 7.13. The summed E-state index contributed by atoms with van der Waals surface area (Å²) >= 11 is 0. The van der Waals surface area contributed by atoms with Gasteiger partial charge in [-0.1, -0.05) is 37.3 Å². The maximum Gasteiger partial charge on any atom is 0.308 e. The maximum absolute atomic E-state index is 11.7. The number of benzene rings is 1. The van der Waals surface area contributed by atoms with E-state index < -0.39 is 6.29 Å². The quantitative estimate of drug-likeness (QED) is 0.794. The van der Waals surface area contributed by atoms with Crippen LogP contribution in [0.15, 0.2) is 30.3 Å². The first-order chi connectivity index (χ1) is 9.61. The van der Waals surface area contributed by atoms with Crippen molar-refractivity contribution < 1.29 is 19.0 Å². The van der Waals surface area contributed by atoms with Crippen molar-refractivity contribution in [3.8, 4) is 0 Å². The highest BCUT2D eigenvalue weighted by atomic mass is 16.7. The normalized spacial score (nSPS) is 29.9. The maximum atomic E-state index is 11.7. The lowest BCUT2D eigenvalue weighted by atomic mass is 9.95. The molecule has 0 unspecified atom stereocenters. The van der Waals surface area contributed by atoms with Gasteiger partial charge in [-0.15, -0.1) is 0 Å². The van der Waals surface area contributed by atoms with Crippen LogP contribution < -0.4 is 0 Å². The third-order valence-electron chi connectivity index (χ3n) is 3.71. The van der Waals surface area contributed by atoms with E-state index >= 15 is 0 Å². The van der Waals surface area contributed by atoms with Crippen molar-refractivity contribution in [2.24, 2.45) is 5.92 Å². The Labute approximate surface area is 120 Å². The summed E-state index contributed by atoms with van der Waals surface area (Å²) in [6.07, 6.45) is -0.287. The highest BCUT2D eigenvalue weighted by Gasteiger charge is 2.36. The molecule has 4 nitrogen and oxygen atoms in total. The molecule has 0 amide bonds. The highest BCUT2D eigenvalue weighted by molar-refractivity contribution is 5.70. The smallest absolute Gasteiger partial charge is 0.308 e. The molecule has 1 saturated heterocycles. The number of ether oxygens (including phenoxy) is 3. The van der Waals surface area contributed by atoms with E-state index in [1.165, 1.54) is 0 Å². The van der Waals surface area contributed by atoms with Crippen LogP contribution in [0.3, 0.4) is 0 Å². The van der Waals surface area contributed by atoms with Gasteiger partial charge in [-0.3, -0.25) is 4.79 Å². The molecule has 0 N–H and O–H groups in total. The lowest BCUT2D eigenvalue weighted by Crippen LogP contribution is -2.41. The molecule has 4 atom stereocenters. The van der Waals surface area contributed by atoms with Crippen molar-refractivity contribution in [1.82, 2.24) is 0 Å². The molecule has 2 rings (SSSR count).